The first kappa shape index (κ1) is 11.9. The van der Waals surface area contributed by atoms with E-state index in [-0.39, 0.29) is 11.4 Å². The van der Waals surface area contributed by atoms with Gasteiger partial charge in [0, 0.05) is 12.5 Å². The van der Waals surface area contributed by atoms with Gasteiger partial charge in [0.1, 0.15) is 5.82 Å². The van der Waals surface area contributed by atoms with E-state index < -0.39 is 0 Å². The lowest BCUT2D eigenvalue weighted by atomic mass is 10.1. The Balaban J connectivity index is 2.02. The molecule has 3 aromatic rings. The van der Waals surface area contributed by atoms with Crippen molar-refractivity contribution in [3.05, 3.63) is 63.8 Å². The summed E-state index contributed by atoms with van der Waals surface area (Å²) in [6, 6.07) is 11.3. The Morgan fingerprint density at radius 3 is 2.74 bits per heavy atom. The van der Waals surface area contributed by atoms with Crippen molar-refractivity contribution < 1.29 is 0 Å². The average molecular weight is 275 g/mol. The van der Waals surface area contributed by atoms with Crippen LogP contribution in [0.5, 0.6) is 0 Å². The van der Waals surface area contributed by atoms with Gasteiger partial charge < -0.3 is 0 Å². The lowest BCUT2D eigenvalue weighted by molar-refractivity contribution is 0.856. The number of nitrogens with one attached hydrogen (secondary N) is 1. The molecular formula is C13H11ClN4O. The van der Waals surface area contributed by atoms with E-state index in [9.17, 15) is 4.79 Å². The molecule has 0 bridgehead atoms. The fourth-order valence-electron chi connectivity index (χ4n) is 1.91. The van der Waals surface area contributed by atoms with Crippen molar-refractivity contribution in [3.63, 3.8) is 0 Å². The van der Waals surface area contributed by atoms with E-state index in [1.165, 1.54) is 10.6 Å². The molecule has 0 spiro atoms. The molecule has 0 saturated carbocycles. The largest absolute Gasteiger partial charge is 0.275 e. The number of aromatic amines is 1. The van der Waals surface area contributed by atoms with Gasteiger partial charge in [-0.2, -0.15) is 9.50 Å². The zero-order chi connectivity index (χ0) is 13.2. The molecule has 0 aliphatic rings. The first-order valence-electron chi connectivity index (χ1n) is 5.84. The molecule has 2 heterocycles. The van der Waals surface area contributed by atoms with Crippen LogP contribution < -0.4 is 5.56 Å². The number of aromatic nitrogens is 4. The SMILES string of the molecule is O=c1cc(CCl)nc2nc(Cc3ccccc3)[nH]n12. The number of hydrogen-bond acceptors (Lipinski definition) is 3. The number of hydrogen-bond donors (Lipinski definition) is 1. The van der Waals surface area contributed by atoms with Crippen LogP contribution in [-0.2, 0) is 12.3 Å². The highest BCUT2D eigenvalue weighted by molar-refractivity contribution is 6.16. The van der Waals surface area contributed by atoms with E-state index in [1.54, 1.807) is 0 Å². The molecule has 0 radical (unpaired) electrons. The second-order valence-corrected chi connectivity index (χ2v) is 4.45. The monoisotopic (exact) mass is 274 g/mol. The maximum absolute atomic E-state index is 11.8. The molecule has 1 aromatic carbocycles. The fourth-order valence-corrected chi connectivity index (χ4v) is 2.04. The Kier molecular flexibility index (Phi) is 3.05. The van der Waals surface area contributed by atoms with Gasteiger partial charge in [0.15, 0.2) is 0 Å². The molecule has 0 unspecified atom stereocenters. The van der Waals surface area contributed by atoms with Crippen molar-refractivity contribution in [1.82, 2.24) is 19.6 Å². The van der Waals surface area contributed by atoms with Crippen molar-refractivity contribution in [1.29, 1.82) is 0 Å². The number of benzene rings is 1. The topological polar surface area (TPSA) is 63.0 Å². The highest BCUT2D eigenvalue weighted by Crippen LogP contribution is 2.06. The summed E-state index contributed by atoms with van der Waals surface area (Å²) >= 11 is 5.69. The maximum Gasteiger partial charge on any atom is 0.274 e. The van der Waals surface area contributed by atoms with Crippen LogP contribution in [0, 0.1) is 0 Å². The molecule has 0 atom stereocenters. The summed E-state index contributed by atoms with van der Waals surface area (Å²) < 4.78 is 1.33. The summed E-state index contributed by atoms with van der Waals surface area (Å²) in [5, 5.41) is 2.95. The van der Waals surface area contributed by atoms with Gasteiger partial charge in [0.2, 0.25) is 0 Å². The molecule has 96 valence electrons. The number of rotatable bonds is 3. The standard InChI is InChI=1S/C13H11ClN4O/c14-8-10-7-12(19)18-13(15-10)16-11(17-18)6-9-4-2-1-3-5-9/h1-5,7H,6,8H2,(H,15,16,17). The Morgan fingerprint density at radius 2 is 2.00 bits per heavy atom. The van der Waals surface area contributed by atoms with Crippen molar-refractivity contribution >= 4 is 17.4 Å². The molecule has 0 aliphatic carbocycles. The predicted octanol–water partition coefficient (Wildman–Crippen LogP) is 1.75. The Morgan fingerprint density at radius 1 is 1.21 bits per heavy atom. The van der Waals surface area contributed by atoms with E-state index in [2.05, 4.69) is 15.1 Å². The number of fused-ring (bicyclic) bond motifs is 1. The molecule has 6 heteroatoms. The Hall–Kier alpha value is -2.14. The highest BCUT2D eigenvalue weighted by Gasteiger charge is 2.07. The van der Waals surface area contributed by atoms with Crippen LogP contribution >= 0.6 is 11.6 Å². The smallest absolute Gasteiger partial charge is 0.274 e. The van der Waals surface area contributed by atoms with Crippen LogP contribution in [0.1, 0.15) is 17.1 Å². The minimum atomic E-state index is -0.201. The summed E-state index contributed by atoms with van der Waals surface area (Å²) in [6.45, 7) is 0. The summed E-state index contributed by atoms with van der Waals surface area (Å²) in [7, 11) is 0. The van der Waals surface area contributed by atoms with Crippen LogP contribution in [0.15, 0.2) is 41.2 Å². The summed E-state index contributed by atoms with van der Waals surface area (Å²) in [4.78, 5) is 20.3. The quantitative estimate of drug-likeness (QED) is 0.740. The Labute approximate surface area is 113 Å². The van der Waals surface area contributed by atoms with Crippen molar-refractivity contribution in [2.45, 2.75) is 12.3 Å². The van der Waals surface area contributed by atoms with Gasteiger partial charge in [-0.15, -0.1) is 11.6 Å². The molecular weight excluding hydrogens is 264 g/mol. The van der Waals surface area contributed by atoms with E-state index in [0.29, 0.717) is 23.7 Å². The molecule has 0 aliphatic heterocycles. The molecule has 19 heavy (non-hydrogen) atoms. The summed E-state index contributed by atoms with van der Waals surface area (Å²) in [6.07, 6.45) is 0.625. The summed E-state index contributed by atoms with van der Waals surface area (Å²) in [5.41, 5.74) is 1.45. The van der Waals surface area contributed by atoms with E-state index in [1.807, 2.05) is 30.3 Å². The molecule has 2 aromatic heterocycles. The van der Waals surface area contributed by atoms with Crippen LogP contribution in [0.3, 0.4) is 0 Å². The second kappa shape index (κ2) is 4.85. The second-order valence-electron chi connectivity index (χ2n) is 4.19. The van der Waals surface area contributed by atoms with E-state index in [4.69, 9.17) is 11.6 Å². The van der Waals surface area contributed by atoms with Crippen LogP contribution in [-0.4, -0.2) is 19.6 Å². The lowest BCUT2D eigenvalue weighted by Crippen LogP contribution is -2.15. The average Bonchev–Trinajstić information content (AvgIpc) is 2.83. The zero-order valence-corrected chi connectivity index (χ0v) is 10.8. The first-order chi connectivity index (χ1) is 9.26. The van der Waals surface area contributed by atoms with E-state index in [0.717, 1.165) is 5.56 Å². The van der Waals surface area contributed by atoms with Gasteiger partial charge in [0.25, 0.3) is 11.3 Å². The third-order valence-electron chi connectivity index (χ3n) is 2.78. The van der Waals surface area contributed by atoms with E-state index >= 15 is 0 Å². The molecule has 5 nitrogen and oxygen atoms in total. The fraction of sp³-hybridized carbons (Fsp3) is 0.154. The van der Waals surface area contributed by atoms with Gasteiger partial charge in [-0.05, 0) is 5.56 Å². The number of alkyl halides is 1. The molecule has 0 saturated heterocycles. The van der Waals surface area contributed by atoms with Gasteiger partial charge in [0.05, 0.1) is 11.6 Å². The molecule has 0 amide bonds. The number of halogens is 1. The van der Waals surface area contributed by atoms with Crippen LogP contribution in [0.25, 0.3) is 5.78 Å². The summed E-state index contributed by atoms with van der Waals surface area (Å²) in [5.74, 6) is 1.25. The zero-order valence-electron chi connectivity index (χ0n) is 10.0. The van der Waals surface area contributed by atoms with Crippen LogP contribution in [0.4, 0.5) is 0 Å². The first-order valence-corrected chi connectivity index (χ1v) is 6.37. The normalized spacial score (nSPS) is 11.0. The predicted molar refractivity (Wildman–Crippen MR) is 72.4 cm³/mol. The molecule has 1 N–H and O–H groups in total. The lowest BCUT2D eigenvalue weighted by Gasteiger charge is -1.95. The number of H-pyrrole nitrogens is 1. The van der Waals surface area contributed by atoms with Crippen molar-refractivity contribution in [2.24, 2.45) is 0 Å². The number of nitrogens with zero attached hydrogens (tertiary/aromatic N) is 3. The van der Waals surface area contributed by atoms with Crippen molar-refractivity contribution in [2.75, 3.05) is 0 Å². The molecule has 0 fully saturated rings. The minimum Gasteiger partial charge on any atom is -0.275 e. The van der Waals surface area contributed by atoms with Crippen LogP contribution in [0.2, 0.25) is 0 Å². The Bertz CT molecular complexity index is 763. The van der Waals surface area contributed by atoms with Gasteiger partial charge in [-0.1, -0.05) is 30.3 Å². The van der Waals surface area contributed by atoms with Gasteiger partial charge >= 0.3 is 0 Å². The molecule has 3 rings (SSSR count). The maximum atomic E-state index is 11.8. The van der Waals surface area contributed by atoms with Gasteiger partial charge in [-0.3, -0.25) is 9.89 Å². The van der Waals surface area contributed by atoms with Gasteiger partial charge in [-0.25, -0.2) is 4.98 Å². The minimum absolute atomic E-state index is 0.201. The third kappa shape index (κ3) is 2.37. The third-order valence-corrected chi connectivity index (χ3v) is 3.06. The van der Waals surface area contributed by atoms with Crippen molar-refractivity contribution in [3.8, 4) is 0 Å². The highest BCUT2D eigenvalue weighted by atomic mass is 35.5.